The van der Waals surface area contributed by atoms with Crippen LogP contribution in [-0.2, 0) is 10.3 Å². The Morgan fingerprint density at radius 2 is 2.00 bits per heavy atom. The predicted octanol–water partition coefficient (Wildman–Crippen LogP) is 1.14. The van der Waals surface area contributed by atoms with Crippen LogP contribution in [-0.4, -0.2) is 13.0 Å². The van der Waals surface area contributed by atoms with Gasteiger partial charge in [0.1, 0.15) is 11.4 Å². The highest BCUT2D eigenvalue weighted by Gasteiger charge is 2.34. The third-order valence-corrected chi connectivity index (χ3v) is 2.71. The van der Waals surface area contributed by atoms with Gasteiger partial charge >= 0.3 is 0 Å². The Bertz CT molecular complexity index is 344. The van der Waals surface area contributed by atoms with Gasteiger partial charge in [-0.2, -0.15) is 0 Å². The number of amides is 1. The zero-order valence-electron chi connectivity index (χ0n) is 8.88. The summed E-state index contributed by atoms with van der Waals surface area (Å²) in [4.78, 5) is 11.4. The molecular weight excluding hydrogens is 195 g/mol. The minimum Gasteiger partial charge on any atom is -0.368 e. The van der Waals surface area contributed by atoms with Crippen LogP contribution in [0.5, 0.6) is 0 Å². The summed E-state index contributed by atoms with van der Waals surface area (Å²) < 4.78 is 12.7. The number of carbonyl (C=O) groups excluding carboxylic acids is 1. The zero-order valence-corrected chi connectivity index (χ0v) is 8.88. The van der Waals surface area contributed by atoms with Crippen molar-refractivity contribution in [2.45, 2.75) is 18.9 Å². The molecular formula is C11H15FN2O. The van der Waals surface area contributed by atoms with Crippen LogP contribution in [0, 0.1) is 5.82 Å². The second-order valence-corrected chi connectivity index (χ2v) is 3.38. The average molecular weight is 210 g/mol. The van der Waals surface area contributed by atoms with Crippen LogP contribution in [0.4, 0.5) is 4.39 Å². The zero-order chi connectivity index (χ0) is 11.5. The van der Waals surface area contributed by atoms with Gasteiger partial charge in [-0.05, 0) is 31.2 Å². The minimum absolute atomic E-state index is 0.329. The van der Waals surface area contributed by atoms with Crippen molar-refractivity contribution in [3.8, 4) is 0 Å². The number of halogens is 1. The Morgan fingerprint density at radius 3 is 2.33 bits per heavy atom. The number of hydrogen-bond acceptors (Lipinski definition) is 2. The van der Waals surface area contributed by atoms with Crippen molar-refractivity contribution < 1.29 is 9.18 Å². The van der Waals surface area contributed by atoms with Crippen molar-refractivity contribution >= 4 is 5.91 Å². The average Bonchev–Trinajstić information content (AvgIpc) is 2.22. The Balaban J connectivity index is 3.20. The maximum Gasteiger partial charge on any atom is 0.242 e. The van der Waals surface area contributed by atoms with Crippen molar-refractivity contribution in [1.29, 1.82) is 0 Å². The first-order valence-electron chi connectivity index (χ1n) is 4.81. The molecule has 0 saturated carbocycles. The fraction of sp³-hybridized carbons (Fsp3) is 0.364. The molecule has 0 radical (unpaired) electrons. The molecule has 3 nitrogen and oxygen atoms in total. The van der Waals surface area contributed by atoms with Gasteiger partial charge in [-0.1, -0.05) is 19.1 Å². The number of benzene rings is 1. The van der Waals surface area contributed by atoms with Crippen LogP contribution in [0.25, 0.3) is 0 Å². The lowest BCUT2D eigenvalue weighted by molar-refractivity contribution is -0.124. The fourth-order valence-electron chi connectivity index (χ4n) is 1.70. The molecule has 0 fully saturated rings. The molecule has 0 aliphatic carbocycles. The largest absolute Gasteiger partial charge is 0.368 e. The third-order valence-electron chi connectivity index (χ3n) is 2.71. The van der Waals surface area contributed by atoms with Gasteiger partial charge in [-0.25, -0.2) is 4.39 Å². The maximum absolute atomic E-state index is 12.7. The quantitative estimate of drug-likeness (QED) is 0.782. The molecule has 0 spiro atoms. The van der Waals surface area contributed by atoms with Gasteiger partial charge in [0.25, 0.3) is 0 Å². The molecule has 1 atom stereocenters. The highest BCUT2D eigenvalue weighted by molar-refractivity contribution is 5.86. The Kier molecular flexibility index (Phi) is 3.42. The van der Waals surface area contributed by atoms with Crippen LogP contribution in [0.2, 0.25) is 0 Å². The first-order chi connectivity index (χ1) is 7.06. The summed E-state index contributed by atoms with van der Waals surface area (Å²) in [5.74, 6) is -0.788. The van der Waals surface area contributed by atoms with E-state index in [0.717, 1.165) is 0 Å². The Morgan fingerprint density at radius 1 is 1.47 bits per heavy atom. The van der Waals surface area contributed by atoms with E-state index in [0.29, 0.717) is 12.0 Å². The first kappa shape index (κ1) is 11.7. The number of likely N-dealkylation sites (N-methyl/N-ethyl adjacent to an activating group) is 1. The molecule has 1 aromatic carbocycles. The van der Waals surface area contributed by atoms with Crippen LogP contribution in [0.1, 0.15) is 18.9 Å². The van der Waals surface area contributed by atoms with Gasteiger partial charge in [0, 0.05) is 0 Å². The molecule has 4 heteroatoms. The molecule has 1 amide bonds. The molecule has 0 aliphatic heterocycles. The maximum atomic E-state index is 12.7. The van der Waals surface area contributed by atoms with Crippen LogP contribution >= 0.6 is 0 Å². The second kappa shape index (κ2) is 4.40. The minimum atomic E-state index is -0.909. The van der Waals surface area contributed by atoms with E-state index in [4.69, 9.17) is 5.73 Å². The molecule has 1 aromatic rings. The molecule has 82 valence electrons. The molecule has 0 saturated heterocycles. The molecule has 0 bridgehead atoms. The summed E-state index contributed by atoms with van der Waals surface area (Å²) >= 11 is 0. The van der Waals surface area contributed by atoms with E-state index in [9.17, 15) is 9.18 Å². The lowest BCUT2D eigenvalue weighted by atomic mass is 9.86. The highest BCUT2D eigenvalue weighted by Crippen LogP contribution is 2.24. The topological polar surface area (TPSA) is 55.1 Å². The molecule has 1 rings (SSSR count). The van der Waals surface area contributed by atoms with Crippen molar-refractivity contribution in [3.63, 3.8) is 0 Å². The number of hydrogen-bond donors (Lipinski definition) is 2. The van der Waals surface area contributed by atoms with Crippen molar-refractivity contribution in [2.75, 3.05) is 7.05 Å². The number of nitrogens with two attached hydrogens (primary N) is 1. The van der Waals surface area contributed by atoms with E-state index >= 15 is 0 Å². The second-order valence-electron chi connectivity index (χ2n) is 3.38. The smallest absolute Gasteiger partial charge is 0.242 e. The van der Waals surface area contributed by atoms with Crippen molar-refractivity contribution in [1.82, 2.24) is 5.32 Å². The monoisotopic (exact) mass is 210 g/mol. The highest BCUT2D eigenvalue weighted by atomic mass is 19.1. The van der Waals surface area contributed by atoms with Gasteiger partial charge < -0.3 is 11.1 Å². The van der Waals surface area contributed by atoms with E-state index in [1.54, 1.807) is 19.2 Å². The SMILES string of the molecule is CCC(NC)(C(N)=O)c1ccc(F)cc1. The van der Waals surface area contributed by atoms with Gasteiger partial charge in [-0.3, -0.25) is 4.79 Å². The summed E-state index contributed by atoms with van der Waals surface area (Å²) in [6, 6.07) is 5.78. The molecule has 0 aromatic heterocycles. The number of rotatable bonds is 4. The summed E-state index contributed by atoms with van der Waals surface area (Å²) in [5.41, 5.74) is 5.14. The summed E-state index contributed by atoms with van der Waals surface area (Å²) in [5, 5.41) is 2.90. The van der Waals surface area contributed by atoms with Gasteiger partial charge in [0.2, 0.25) is 5.91 Å². The lowest BCUT2D eigenvalue weighted by Crippen LogP contribution is -2.50. The Labute approximate surface area is 88.5 Å². The van der Waals surface area contributed by atoms with Gasteiger partial charge in [-0.15, -0.1) is 0 Å². The fourth-order valence-corrected chi connectivity index (χ4v) is 1.70. The van der Waals surface area contributed by atoms with Crippen molar-refractivity contribution in [3.05, 3.63) is 35.6 Å². The lowest BCUT2D eigenvalue weighted by Gasteiger charge is -2.29. The normalized spacial score (nSPS) is 14.6. The van der Waals surface area contributed by atoms with E-state index in [2.05, 4.69) is 5.32 Å². The molecule has 3 N–H and O–H groups in total. The van der Waals surface area contributed by atoms with Crippen LogP contribution < -0.4 is 11.1 Å². The summed E-state index contributed by atoms with van der Waals surface area (Å²) in [6.45, 7) is 1.85. The van der Waals surface area contributed by atoms with Gasteiger partial charge in [0.15, 0.2) is 0 Å². The van der Waals surface area contributed by atoms with E-state index in [1.165, 1.54) is 12.1 Å². The van der Waals surface area contributed by atoms with Crippen LogP contribution in [0.3, 0.4) is 0 Å². The summed E-state index contributed by atoms with van der Waals surface area (Å²) in [6.07, 6.45) is 0.518. The molecule has 0 aliphatic rings. The summed E-state index contributed by atoms with van der Waals surface area (Å²) in [7, 11) is 1.66. The molecule has 1 unspecified atom stereocenters. The van der Waals surface area contributed by atoms with Gasteiger partial charge in [0.05, 0.1) is 0 Å². The van der Waals surface area contributed by atoms with E-state index < -0.39 is 11.4 Å². The molecule has 15 heavy (non-hydrogen) atoms. The molecule has 0 heterocycles. The third kappa shape index (κ3) is 1.99. The van der Waals surface area contributed by atoms with E-state index in [1.807, 2.05) is 6.92 Å². The predicted molar refractivity (Wildman–Crippen MR) is 56.6 cm³/mol. The van der Waals surface area contributed by atoms with E-state index in [-0.39, 0.29) is 5.82 Å². The number of nitrogens with one attached hydrogen (secondary N) is 1. The number of carbonyl (C=O) groups is 1. The Hall–Kier alpha value is -1.42. The first-order valence-corrected chi connectivity index (χ1v) is 4.81. The van der Waals surface area contributed by atoms with Crippen molar-refractivity contribution in [2.24, 2.45) is 5.73 Å². The number of primary amides is 1. The van der Waals surface area contributed by atoms with Crippen LogP contribution in [0.15, 0.2) is 24.3 Å². The standard InChI is InChI=1S/C11H15FN2O/c1-3-11(14-2,10(13)15)8-4-6-9(12)7-5-8/h4-7,14H,3H2,1-2H3,(H2,13,15).